The number of carbonyl (C=O) groups is 5. The van der Waals surface area contributed by atoms with Crippen LogP contribution in [0.1, 0.15) is 89.4 Å². The smallest absolute Gasteiger partial charge is 0.388 e. The summed E-state index contributed by atoms with van der Waals surface area (Å²) in [6.07, 6.45) is -16.8. The van der Waals surface area contributed by atoms with Crippen molar-refractivity contribution in [2.24, 2.45) is 5.92 Å². The van der Waals surface area contributed by atoms with Gasteiger partial charge in [-0.3, -0.25) is 29.1 Å². The van der Waals surface area contributed by atoms with Gasteiger partial charge in [0.25, 0.3) is 5.91 Å². The number of nitrogens with zero attached hydrogens (tertiary/aromatic N) is 11. The first kappa shape index (κ1) is 108. The largest absolute Gasteiger partial charge is 0.434 e. The maximum absolute atomic E-state index is 14.8. The summed E-state index contributed by atoms with van der Waals surface area (Å²) in [5, 5.41) is 70.2. The molecule has 8 heterocycles. The molecule has 0 radical (unpaired) electrons. The first-order chi connectivity index (χ1) is 63.8. The number of aromatic nitrogens is 9. The number of fused-ring (bicyclic) bond motifs is 1. The SMILES string of the molecule is COC[C@H](c1cnn2cc([C@@H](NC(=O)c3nonc3C)C3CCC(F)(F)CC3)nc2c1)N1C[C@@H](C(F)(F)F)N(CCOCCOCCOCC(=O)NC(COCCC(=O)NCCOCCOCCOCCOC[C@H]2OC[C@H](Nc3cncc(C(F)(F)F)n3)[C@@H](O)[C@H]2O)COCCC(=O)NCCOCCOCCOCCOC[C@H]2OC[C@H](Nc3cncc(C(F)(F)F)n3)[C@@H](O)[C@H]2O)C1=O. The first-order valence-corrected chi connectivity index (χ1v) is 42.8. The van der Waals surface area contributed by atoms with Gasteiger partial charge in [0.15, 0.2) is 22.7 Å². The van der Waals surface area contributed by atoms with Crippen molar-refractivity contribution in [3.63, 3.8) is 0 Å². The molecule has 1 saturated carbocycles. The third-order valence-corrected chi connectivity index (χ3v) is 20.9. The Bertz CT molecular complexity index is 4140. The topological polar surface area (TPSA) is 513 Å². The van der Waals surface area contributed by atoms with E-state index in [1.54, 1.807) is 0 Å². The molecule has 133 heavy (non-hydrogen) atoms. The average Bonchev–Trinajstić information content (AvgIpc) is 1.62. The minimum absolute atomic E-state index is 0.0412. The summed E-state index contributed by atoms with van der Waals surface area (Å²) in [5.74, 6) is -5.90. The number of amides is 6. The molecule has 54 heteroatoms. The number of aliphatic hydroxyl groups is 4. The Morgan fingerprint density at radius 1 is 0.556 bits per heavy atom. The Kier molecular flexibility index (Phi) is 44.8. The second kappa shape index (κ2) is 55.3. The molecular weight excluding hydrogens is 1810 g/mol. The van der Waals surface area contributed by atoms with E-state index in [4.69, 9.17) is 75.8 Å². The fourth-order valence-electron chi connectivity index (χ4n) is 13.9. The second-order valence-corrected chi connectivity index (χ2v) is 30.8. The molecule has 43 nitrogen and oxygen atoms in total. The van der Waals surface area contributed by atoms with Gasteiger partial charge in [-0.25, -0.2) is 37.7 Å². The van der Waals surface area contributed by atoms with E-state index in [9.17, 15) is 92.7 Å². The maximum atomic E-state index is 14.8. The van der Waals surface area contributed by atoms with Crippen LogP contribution in [0.25, 0.3) is 5.65 Å². The highest BCUT2D eigenvalue weighted by molar-refractivity contribution is 5.93. The third-order valence-electron chi connectivity index (χ3n) is 20.9. The lowest BCUT2D eigenvalue weighted by molar-refractivity contribution is -0.170. The number of aliphatic hydroxyl groups excluding tert-OH is 4. The number of rotatable bonds is 62. The van der Waals surface area contributed by atoms with Gasteiger partial charge in [-0.2, -0.15) is 44.6 Å². The highest BCUT2D eigenvalue weighted by Crippen LogP contribution is 2.42. The Morgan fingerprint density at radius 3 is 1.50 bits per heavy atom. The number of nitrogens with one attached hydrogen (secondary N) is 6. The van der Waals surface area contributed by atoms with Gasteiger partial charge in [-0.15, -0.1) is 0 Å². The van der Waals surface area contributed by atoms with Gasteiger partial charge in [0.1, 0.15) is 66.6 Å². The van der Waals surface area contributed by atoms with Gasteiger partial charge in [-0.1, -0.05) is 5.16 Å². The van der Waals surface area contributed by atoms with E-state index in [2.05, 4.69) is 76.9 Å². The van der Waals surface area contributed by atoms with Gasteiger partial charge >= 0.3 is 24.6 Å². The van der Waals surface area contributed by atoms with Crippen LogP contribution < -0.4 is 31.9 Å². The van der Waals surface area contributed by atoms with Gasteiger partial charge < -0.3 is 138 Å². The third kappa shape index (κ3) is 36.6. The van der Waals surface area contributed by atoms with Crippen LogP contribution in [-0.2, 0) is 103 Å². The molecule has 1 aliphatic carbocycles. The molecule has 5 aromatic rings. The number of hydrogen-bond donors (Lipinski definition) is 10. The van der Waals surface area contributed by atoms with Gasteiger partial charge in [-0.05, 0) is 36.9 Å². The number of imidazole rings is 1. The van der Waals surface area contributed by atoms with Crippen molar-refractivity contribution in [2.45, 2.75) is 143 Å². The number of anilines is 2. The van der Waals surface area contributed by atoms with E-state index in [0.29, 0.717) is 17.3 Å². The summed E-state index contributed by atoms with van der Waals surface area (Å²) < 4.78 is 246. The standard InChI is InChI=1S/C79H114F11N17O26/c1-49-68(104-133-103-49)74(115)102-69(50-3-7-76(80,81)8-4-50)53-39-107-64(99-53)33-51(34-95-107)56(45-117-2)106-40-61(79(88,89)90)105(75(106)116)11-16-120-19-22-123-29-32-130-48-67(110)96-52(41-126-12-5-65(108)93-9-14-118-17-20-121-23-25-124-27-30-128-46-57-72(113)70(111)54(43-131-57)97-62-37-91-35-59(100-62)77(82,83)84)42-127-13-6-66(109)94-10-15-119-18-21-122-24-26-125-28-31-129-47-58-73(114)71(112)55(44-132-58)98-63-38-92-36-60(101-63)78(85,86)87/h33-39,50,52,54-58,61,69-73,111-114H,3-32,40-48H2,1-2H3,(H,93,108)(H,94,109)(H,96,110)(H,97,100)(H,98,101)(H,102,115)/t54-,55-,56+,57+,58+,61-,69-,70+,71+,72-,73-/m0/s1. The van der Waals surface area contributed by atoms with E-state index in [-0.39, 0.29) is 276 Å². The molecule has 3 saturated heterocycles. The van der Waals surface area contributed by atoms with E-state index in [1.807, 2.05) is 0 Å². The molecule has 9 rings (SSSR count). The Morgan fingerprint density at radius 2 is 1.03 bits per heavy atom. The fourth-order valence-corrected chi connectivity index (χ4v) is 13.9. The van der Waals surface area contributed by atoms with Crippen molar-refractivity contribution in [1.29, 1.82) is 0 Å². The van der Waals surface area contributed by atoms with Crippen LogP contribution in [0, 0.1) is 12.8 Å². The van der Waals surface area contributed by atoms with Crippen molar-refractivity contribution in [2.75, 3.05) is 236 Å². The zero-order chi connectivity index (χ0) is 95.8. The quantitative estimate of drug-likeness (QED) is 0.0195. The number of carbonyl (C=O) groups excluding carboxylic acids is 5. The van der Waals surface area contributed by atoms with Gasteiger partial charge in [0.2, 0.25) is 23.6 Å². The van der Waals surface area contributed by atoms with E-state index < -0.39 is 165 Å². The predicted molar refractivity (Wildman–Crippen MR) is 433 cm³/mol. The second-order valence-electron chi connectivity index (χ2n) is 30.8. The average molecular weight is 1930 g/mol. The van der Waals surface area contributed by atoms with Crippen LogP contribution in [0.4, 0.5) is 64.7 Å². The van der Waals surface area contributed by atoms with Crippen LogP contribution >= 0.6 is 0 Å². The Hall–Kier alpha value is -8.90. The molecule has 10 N–H and O–H groups in total. The van der Waals surface area contributed by atoms with Crippen molar-refractivity contribution in [3.8, 4) is 0 Å². The maximum Gasteiger partial charge on any atom is 0.434 e. The molecular formula is C79H114F11N17O26. The number of alkyl halides is 11. The van der Waals surface area contributed by atoms with Crippen molar-refractivity contribution >= 4 is 46.9 Å². The van der Waals surface area contributed by atoms with E-state index in [0.717, 1.165) is 17.3 Å². The van der Waals surface area contributed by atoms with Crippen molar-refractivity contribution < 1.29 is 173 Å². The lowest BCUT2D eigenvalue weighted by Gasteiger charge is -2.38. The van der Waals surface area contributed by atoms with Gasteiger partial charge in [0, 0.05) is 58.0 Å². The zero-order valence-corrected chi connectivity index (χ0v) is 73.0. The number of hydrogen-bond acceptors (Lipinski definition) is 36. The summed E-state index contributed by atoms with van der Waals surface area (Å²) in [5.41, 5.74) is -1.70. The van der Waals surface area contributed by atoms with Gasteiger partial charge in [0.05, 0.1) is 265 Å². The molecule has 0 bridgehead atoms. The first-order valence-electron chi connectivity index (χ1n) is 42.8. The number of halogens is 11. The molecule has 0 spiro atoms. The monoisotopic (exact) mass is 1930 g/mol. The highest BCUT2D eigenvalue weighted by atomic mass is 19.4. The molecule has 4 fully saturated rings. The Labute approximate surface area is 755 Å². The predicted octanol–water partition coefficient (Wildman–Crippen LogP) is 1.61. The molecule has 748 valence electrons. The molecule has 6 amide bonds. The molecule has 5 aromatic heterocycles. The fraction of sp³-hybridized carbons (Fsp3) is 0.734. The number of methoxy groups -OCH3 is 1. The number of aryl methyl sites for hydroxylation is 1. The summed E-state index contributed by atoms with van der Waals surface area (Å²) in [6.45, 7) is 0.795. The van der Waals surface area contributed by atoms with Crippen LogP contribution in [0.15, 0.2) is 47.9 Å². The van der Waals surface area contributed by atoms with Crippen LogP contribution in [-0.4, -0.2) is 403 Å². The molecule has 11 atom stereocenters. The summed E-state index contributed by atoms with van der Waals surface area (Å²) in [6, 6.07) is -6.46. The summed E-state index contributed by atoms with van der Waals surface area (Å²) in [7, 11) is 1.31. The van der Waals surface area contributed by atoms with Crippen LogP contribution in [0.2, 0.25) is 0 Å². The summed E-state index contributed by atoms with van der Waals surface area (Å²) >= 11 is 0. The Balaban J connectivity index is 0.622. The molecule has 0 aromatic carbocycles. The minimum Gasteiger partial charge on any atom is -0.388 e. The van der Waals surface area contributed by atoms with Crippen molar-refractivity contribution in [3.05, 3.63) is 77.3 Å². The highest BCUT2D eigenvalue weighted by Gasteiger charge is 2.54. The zero-order valence-electron chi connectivity index (χ0n) is 73.0. The van der Waals surface area contributed by atoms with Crippen LogP contribution in [0.5, 0.6) is 0 Å². The normalized spacial score (nSPS) is 20.8. The lowest BCUT2D eigenvalue weighted by Crippen LogP contribution is -2.57. The van der Waals surface area contributed by atoms with Crippen LogP contribution in [0.3, 0.4) is 0 Å². The number of urea groups is 1. The molecule has 4 aliphatic rings. The minimum atomic E-state index is -4.87. The molecule has 3 aliphatic heterocycles. The van der Waals surface area contributed by atoms with Crippen molar-refractivity contribution in [1.82, 2.24) is 75.9 Å². The van der Waals surface area contributed by atoms with E-state index in [1.165, 1.54) is 37.0 Å². The van der Waals surface area contributed by atoms with E-state index >= 15 is 0 Å². The number of ether oxygens (including phenoxy) is 16. The molecule has 0 unspecified atom stereocenters. The lowest BCUT2D eigenvalue weighted by atomic mass is 9.81. The summed E-state index contributed by atoms with van der Waals surface area (Å²) in [4.78, 5) is 86.2.